The molecule has 0 bridgehead atoms. The van der Waals surface area contributed by atoms with Gasteiger partial charge < -0.3 is 0 Å². The summed E-state index contributed by atoms with van der Waals surface area (Å²) in [5, 5.41) is 0. The lowest BCUT2D eigenvalue weighted by Gasteiger charge is -2.40. The molecule has 3 heteroatoms. The fourth-order valence-electron chi connectivity index (χ4n) is 2.12. The van der Waals surface area contributed by atoms with Gasteiger partial charge in [-0.2, -0.15) is 0 Å². The van der Waals surface area contributed by atoms with Crippen molar-refractivity contribution in [1.29, 1.82) is 0 Å². The molecule has 0 aromatic rings. The molecule has 0 spiro atoms. The van der Waals surface area contributed by atoms with Crippen LogP contribution in [0.25, 0.3) is 0 Å². The van der Waals surface area contributed by atoms with Crippen LogP contribution < -0.4 is 0 Å². The van der Waals surface area contributed by atoms with Gasteiger partial charge in [0.2, 0.25) is 0 Å². The van der Waals surface area contributed by atoms with Gasteiger partial charge in [0.25, 0.3) is 0 Å². The van der Waals surface area contributed by atoms with Crippen LogP contribution in [0.2, 0.25) is 0 Å². The number of nitrogens with zero attached hydrogens (tertiary/aromatic N) is 1. The monoisotopic (exact) mass is 249 g/mol. The van der Waals surface area contributed by atoms with Crippen LogP contribution in [0.5, 0.6) is 0 Å². The fraction of sp³-hybridized carbons (Fsp3) is 0.833. The molecule has 0 radical (unpaired) electrons. The van der Waals surface area contributed by atoms with Gasteiger partial charge in [-0.3, -0.25) is 4.90 Å². The molecule has 0 heterocycles. The highest BCUT2D eigenvalue weighted by Gasteiger charge is 2.36. The molecule has 1 nitrogen and oxygen atoms in total. The maximum atomic E-state index is 6.11. The molecule has 0 saturated carbocycles. The largest absolute Gasteiger partial charge is 0.292 e. The van der Waals surface area contributed by atoms with Crippen LogP contribution in [0.1, 0.15) is 40.5 Å². The molecule has 0 amide bonds. The lowest BCUT2D eigenvalue weighted by Crippen LogP contribution is -2.47. The van der Waals surface area contributed by atoms with E-state index < -0.39 is 4.33 Å². The third-order valence-corrected chi connectivity index (χ3v) is 3.33. The quantitative estimate of drug-likeness (QED) is 0.540. The molecule has 0 aliphatic heterocycles. The van der Waals surface area contributed by atoms with Crippen molar-refractivity contribution in [1.82, 2.24) is 4.90 Å². The molecular formula is C12H21Cl2N. The van der Waals surface area contributed by atoms with E-state index >= 15 is 0 Å². The van der Waals surface area contributed by atoms with E-state index in [2.05, 4.69) is 38.7 Å². The van der Waals surface area contributed by atoms with Gasteiger partial charge in [-0.25, -0.2) is 0 Å². The minimum atomic E-state index is -0.665. The Kier molecular flexibility index (Phi) is 4.13. The van der Waals surface area contributed by atoms with E-state index in [1.807, 2.05) is 6.08 Å². The Morgan fingerprint density at radius 1 is 1.40 bits per heavy atom. The second-order valence-electron chi connectivity index (χ2n) is 5.26. The van der Waals surface area contributed by atoms with Gasteiger partial charge in [0.15, 0.2) is 0 Å². The number of hydrogen-bond acceptors (Lipinski definition) is 1. The standard InChI is InChI=1S/C12H21Cl2N/c1-5-8-15(11(2,3)4)10-6-7-12(13,14)9-10/h6-7,10H,5,8-9H2,1-4H3. The Labute approximate surface area is 103 Å². The summed E-state index contributed by atoms with van der Waals surface area (Å²) in [6.45, 7) is 9.99. The molecule has 0 N–H and O–H groups in total. The Morgan fingerprint density at radius 3 is 2.33 bits per heavy atom. The summed E-state index contributed by atoms with van der Waals surface area (Å²) in [7, 11) is 0. The number of alkyl halides is 2. The van der Waals surface area contributed by atoms with Gasteiger partial charge in [-0.1, -0.05) is 42.3 Å². The van der Waals surface area contributed by atoms with E-state index in [4.69, 9.17) is 23.2 Å². The molecule has 1 rings (SSSR count). The van der Waals surface area contributed by atoms with Crippen molar-refractivity contribution in [3.63, 3.8) is 0 Å². The molecule has 1 aliphatic rings. The summed E-state index contributed by atoms with van der Waals surface area (Å²) in [6, 6.07) is 0.375. The predicted octanol–water partition coefficient (Wildman–Crippen LogP) is 4.00. The van der Waals surface area contributed by atoms with Crippen molar-refractivity contribution < 1.29 is 0 Å². The average Bonchev–Trinajstić information content (AvgIpc) is 2.39. The second kappa shape index (κ2) is 4.65. The molecular weight excluding hydrogens is 229 g/mol. The first-order valence-electron chi connectivity index (χ1n) is 5.60. The van der Waals surface area contributed by atoms with E-state index in [-0.39, 0.29) is 5.54 Å². The van der Waals surface area contributed by atoms with E-state index in [1.54, 1.807) is 0 Å². The maximum absolute atomic E-state index is 6.11. The summed E-state index contributed by atoms with van der Waals surface area (Å²) in [5.41, 5.74) is 0.166. The van der Waals surface area contributed by atoms with Crippen LogP contribution in [0.15, 0.2) is 12.2 Å². The van der Waals surface area contributed by atoms with Crippen molar-refractivity contribution in [3.8, 4) is 0 Å². The minimum Gasteiger partial charge on any atom is -0.292 e. The number of allylic oxidation sites excluding steroid dienone is 1. The third kappa shape index (κ3) is 3.65. The summed E-state index contributed by atoms with van der Waals surface area (Å²) in [4.78, 5) is 2.47. The van der Waals surface area contributed by atoms with Gasteiger partial charge in [-0.05, 0) is 33.7 Å². The fourth-order valence-corrected chi connectivity index (χ4v) is 2.58. The summed E-state index contributed by atoms with van der Waals surface area (Å²) >= 11 is 12.2. The van der Waals surface area contributed by atoms with Crippen molar-refractivity contribution in [2.75, 3.05) is 6.54 Å². The van der Waals surface area contributed by atoms with Gasteiger partial charge in [0.1, 0.15) is 4.33 Å². The number of halogens is 2. The number of hydrogen-bond donors (Lipinski definition) is 0. The van der Waals surface area contributed by atoms with Gasteiger partial charge in [0, 0.05) is 18.0 Å². The molecule has 0 saturated heterocycles. The van der Waals surface area contributed by atoms with Crippen LogP contribution in [0.3, 0.4) is 0 Å². The third-order valence-electron chi connectivity index (χ3n) is 2.77. The molecule has 0 fully saturated rings. The Hall–Kier alpha value is 0.280. The molecule has 1 aliphatic carbocycles. The van der Waals surface area contributed by atoms with Crippen LogP contribution in [-0.2, 0) is 0 Å². The zero-order valence-corrected chi connectivity index (χ0v) is 11.6. The lowest BCUT2D eigenvalue weighted by atomic mass is 10.0. The van der Waals surface area contributed by atoms with Gasteiger partial charge in [-0.15, -0.1) is 0 Å². The van der Waals surface area contributed by atoms with Crippen LogP contribution in [0, 0.1) is 0 Å². The van der Waals surface area contributed by atoms with Gasteiger partial charge in [0.05, 0.1) is 0 Å². The smallest absolute Gasteiger partial charge is 0.138 e. The first-order valence-corrected chi connectivity index (χ1v) is 6.36. The normalized spacial score (nSPS) is 25.1. The van der Waals surface area contributed by atoms with Crippen molar-refractivity contribution >= 4 is 23.2 Å². The Morgan fingerprint density at radius 2 is 2.00 bits per heavy atom. The van der Waals surface area contributed by atoms with E-state index in [9.17, 15) is 0 Å². The van der Waals surface area contributed by atoms with Crippen molar-refractivity contribution in [2.45, 2.75) is 56.5 Å². The summed E-state index contributed by atoms with van der Waals surface area (Å²) in [5.74, 6) is 0. The highest BCUT2D eigenvalue weighted by molar-refractivity contribution is 6.50. The zero-order chi connectivity index (χ0) is 11.7. The minimum absolute atomic E-state index is 0.166. The second-order valence-corrected chi connectivity index (χ2v) is 6.80. The average molecular weight is 250 g/mol. The molecule has 0 aromatic heterocycles. The van der Waals surface area contributed by atoms with Crippen molar-refractivity contribution in [2.24, 2.45) is 0 Å². The molecule has 1 unspecified atom stereocenters. The summed E-state index contributed by atoms with van der Waals surface area (Å²) in [6.07, 6.45) is 6.00. The molecule has 0 aromatic carbocycles. The zero-order valence-electron chi connectivity index (χ0n) is 10.1. The Bertz CT molecular complexity index is 240. The lowest BCUT2D eigenvalue weighted by molar-refractivity contribution is 0.103. The van der Waals surface area contributed by atoms with E-state index in [0.29, 0.717) is 6.04 Å². The number of rotatable bonds is 3. The van der Waals surface area contributed by atoms with Crippen LogP contribution >= 0.6 is 23.2 Å². The predicted molar refractivity (Wildman–Crippen MR) is 68.7 cm³/mol. The molecule has 88 valence electrons. The SMILES string of the molecule is CCCN(C1C=CC(Cl)(Cl)C1)C(C)(C)C. The van der Waals surface area contributed by atoms with Gasteiger partial charge >= 0.3 is 0 Å². The van der Waals surface area contributed by atoms with Crippen molar-refractivity contribution in [3.05, 3.63) is 12.2 Å². The van der Waals surface area contributed by atoms with Crippen LogP contribution in [0.4, 0.5) is 0 Å². The maximum Gasteiger partial charge on any atom is 0.138 e. The first-order chi connectivity index (χ1) is 6.76. The van der Waals surface area contributed by atoms with E-state index in [0.717, 1.165) is 19.4 Å². The highest BCUT2D eigenvalue weighted by atomic mass is 35.5. The topological polar surface area (TPSA) is 3.24 Å². The first kappa shape index (κ1) is 13.3. The van der Waals surface area contributed by atoms with E-state index in [1.165, 1.54) is 0 Å². The Balaban J connectivity index is 2.72. The summed E-state index contributed by atoms with van der Waals surface area (Å²) < 4.78 is -0.665. The van der Waals surface area contributed by atoms with Crippen LogP contribution in [-0.4, -0.2) is 27.4 Å². The molecule has 1 atom stereocenters. The highest BCUT2D eigenvalue weighted by Crippen LogP contribution is 2.37. The molecule has 15 heavy (non-hydrogen) atoms.